The predicted octanol–water partition coefficient (Wildman–Crippen LogP) is 10.3. The number of rotatable bonds is 4. The van der Waals surface area contributed by atoms with Crippen LogP contribution in [-0.4, -0.2) is 24.1 Å². The Bertz CT molecular complexity index is 2470. The van der Waals surface area contributed by atoms with E-state index in [1.165, 1.54) is 0 Å². The molecular formula is C42H30N6. The molecule has 0 saturated carbocycles. The van der Waals surface area contributed by atoms with E-state index in [-0.39, 0.29) is 0 Å². The van der Waals surface area contributed by atoms with Crippen LogP contribution in [0.25, 0.3) is 77.2 Å². The Balaban J connectivity index is 0.00000165. The van der Waals surface area contributed by atoms with Crippen LogP contribution in [0.1, 0.15) is 19.4 Å². The number of nitrogens with zero attached hydrogens (tertiary/aromatic N) is 6. The molecule has 6 nitrogen and oxygen atoms in total. The summed E-state index contributed by atoms with van der Waals surface area (Å²) in [5, 5.41) is 15.3. The molecule has 0 spiro atoms. The standard InChI is InChI=1S/C40H24N6.C2H6/c41-21-34-39(45-35-11-3-1-9-30(35)32-19-26(13-15-37(32)45)28-7-5-17-42-22-28)24-44-25-40(34)46-36-12-4-2-10-31(36)33-20-27(14-16-38(33)46)29-8-6-18-43-23-29;1-2/h1-20,22-25H;1-2H3. The van der Waals surface area contributed by atoms with Gasteiger partial charge in [-0.25, -0.2) is 0 Å². The van der Waals surface area contributed by atoms with E-state index in [4.69, 9.17) is 4.98 Å². The lowest BCUT2D eigenvalue weighted by molar-refractivity contribution is 1.07. The number of hydrogen-bond acceptors (Lipinski definition) is 4. The monoisotopic (exact) mass is 618 g/mol. The van der Waals surface area contributed by atoms with Gasteiger partial charge in [-0.1, -0.05) is 74.5 Å². The molecule has 9 aromatic rings. The minimum Gasteiger partial charge on any atom is -0.306 e. The van der Waals surface area contributed by atoms with Gasteiger partial charge < -0.3 is 9.13 Å². The fourth-order valence-corrected chi connectivity index (χ4v) is 6.78. The van der Waals surface area contributed by atoms with Crippen LogP contribution in [0.15, 0.2) is 146 Å². The molecule has 0 aliphatic carbocycles. The molecule has 0 unspecified atom stereocenters. The summed E-state index contributed by atoms with van der Waals surface area (Å²) in [5.74, 6) is 0. The van der Waals surface area contributed by atoms with Crippen LogP contribution < -0.4 is 0 Å². The molecule has 0 atom stereocenters. The summed E-state index contributed by atoms with van der Waals surface area (Å²) in [6.07, 6.45) is 10.9. The van der Waals surface area contributed by atoms with Gasteiger partial charge in [0.1, 0.15) is 11.6 Å². The van der Waals surface area contributed by atoms with Gasteiger partial charge in [0.05, 0.1) is 45.8 Å². The van der Waals surface area contributed by atoms with Gasteiger partial charge in [-0.15, -0.1) is 0 Å². The molecule has 6 heteroatoms. The Hall–Kier alpha value is -6.58. The first-order valence-electron chi connectivity index (χ1n) is 16.1. The summed E-state index contributed by atoms with van der Waals surface area (Å²) >= 11 is 0. The van der Waals surface area contributed by atoms with Gasteiger partial charge in [0, 0.05) is 57.5 Å². The molecular weight excluding hydrogens is 589 g/mol. The lowest BCUT2D eigenvalue weighted by Crippen LogP contribution is -2.05. The number of para-hydroxylation sites is 2. The van der Waals surface area contributed by atoms with E-state index in [0.29, 0.717) is 5.56 Å². The first kappa shape index (κ1) is 28.9. The Morgan fingerprint density at radius 3 is 1.35 bits per heavy atom. The summed E-state index contributed by atoms with van der Waals surface area (Å²) < 4.78 is 4.34. The molecule has 5 heterocycles. The number of benzene rings is 4. The van der Waals surface area contributed by atoms with Gasteiger partial charge in [-0.05, 0) is 59.7 Å². The summed E-state index contributed by atoms with van der Waals surface area (Å²) in [6, 6.07) is 40.2. The first-order valence-corrected chi connectivity index (χ1v) is 16.1. The second kappa shape index (κ2) is 12.0. The molecule has 0 N–H and O–H groups in total. The molecule has 228 valence electrons. The minimum atomic E-state index is 0.549. The fraction of sp³-hybridized carbons (Fsp3) is 0.0476. The van der Waals surface area contributed by atoms with Crippen LogP contribution >= 0.6 is 0 Å². The molecule has 0 aliphatic rings. The number of pyridine rings is 3. The van der Waals surface area contributed by atoms with E-state index in [1.54, 1.807) is 24.8 Å². The van der Waals surface area contributed by atoms with Crippen LogP contribution in [-0.2, 0) is 0 Å². The maximum absolute atomic E-state index is 10.9. The van der Waals surface area contributed by atoms with E-state index in [0.717, 1.165) is 77.2 Å². The highest BCUT2D eigenvalue weighted by Crippen LogP contribution is 2.39. The van der Waals surface area contributed by atoms with Crippen LogP contribution in [0, 0.1) is 11.3 Å². The molecule has 0 saturated heterocycles. The van der Waals surface area contributed by atoms with Crippen molar-refractivity contribution < 1.29 is 0 Å². The summed E-state index contributed by atoms with van der Waals surface area (Å²) in [4.78, 5) is 13.4. The molecule has 9 rings (SSSR count). The zero-order chi connectivity index (χ0) is 32.6. The van der Waals surface area contributed by atoms with Crippen molar-refractivity contribution in [3.8, 4) is 39.7 Å². The number of aromatic nitrogens is 5. The van der Waals surface area contributed by atoms with Gasteiger partial charge >= 0.3 is 0 Å². The van der Waals surface area contributed by atoms with E-state index in [1.807, 2.05) is 50.5 Å². The van der Waals surface area contributed by atoms with Crippen molar-refractivity contribution in [3.05, 3.63) is 152 Å². The van der Waals surface area contributed by atoms with E-state index in [9.17, 15) is 5.26 Å². The normalized spacial score (nSPS) is 11.1. The van der Waals surface area contributed by atoms with Crippen LogP contribution in [0.3, 0.4) is 0 Å². The second-order valence-electron chi connectivity index (χ2n) is 11.3. The van der Waals surface area contributed by atoms with E-state index >= 15 is 0 Å². The maximum Gasteiger partial charge on any atom is 0.104 e. The lowest BCUT2D eigenvalue weighted by Gasteiger charge is -2.15. The highest BCUT2D eigenvalue weighted by Gasteiger charge is 2.21. The SMILES string of the molecule is CC.N#Cc1c(-n2c3ccccc3c3cc(-c4cccnc4)ccc32)cncc1-n1c2ccccc2c2cc(-c3cccnc3)ccc21. The molecule has 0 radical (unpaired) electrons. The fourth-order valence-electron chi connectivity index (χ4n) is 6.78. The number of hydrogen-bond donors (Lipinski definition) is 0. The Morgan fingerprint density at radius 2 is 0.917 bits per heavy atom. The molecule has 4 aromatic carbocycles. The van der Waals surface area contributed by atoms with Crippen LogP contribution in [0.5, 0.6) is 0 Å². The molecule has 48 heavy (non-hydrogen) atoms. The Morgan fingerprint density at radius 1 is 0.458 bits per heavy atom. The van der Waals surface area contributed by atoms with E-state index in [2.05, 4.69) is 110 Å². The molecule has 0 bridgehead atoms. The largest absolute Gasteiger partial charge is 0.306 e. The van der Waals surface area contributed by atoms with Crippen molar-refractivity contribution in [1.82, 2.24) is 24.1 Å². The summed E-state index contributed by atoms with van der Waals surface area (Å²) in [7, 11) is 0. The first-order chi connectivity index (χ1) is 23.8. The third kappa shape index (κ3) is 4.52. The minimum absolute atomic E-state index is 0.549. The number of fused-ring (bicyclic) bond motifs is 6. The van der Waals surface area contributed by atoms with Crippen molar-refractivity contribution in [2.45, 2.75) is 13.8 Å². The van der Waals surface area contributed by atoms with Crippen molar-refractivity contribution in [3.63, 3.8) is 0 Å². The molecule has 0 amide bonds. The third-order valence-corrected chi connectivity index (χ3v) is 8.83. The molecule has 0 aliphatic heterocycles. The quantitative estimate of drug-likeness (QED) is 0.197. The van der Waals surface area contributed by atoms with Gasteiger partial charge in [-0.3, -0.25) is 15.0 Å². The topological polar surface area (TPSA) is 72.3 Å². The second-order valence-corrected chi connectivity index (χ2v) is 11.3. The van der Waals surface area contributed by atoms with Gasteiger partial charge in [0.2, 0.25) is 0 Å². The molecule has 0 fully saturated rings. The number of nitriles is 1. The average molecular weight is 619 g/mol. The van der Waals surface area contributed by atoms with Crippen molar-refractivity contribution in [2.24, 2.45) is 0 Å². The van der Waals surface area contributed by atoms with Gasteiger partial charge in [0.25, 0.3) is 0 Å². The highest BCUT2D eigenvalue weighted by molar-refractivity contribution is 6.12. The summed E-state index contributed by atoms with van der Waals surface area (Å²) in [6.45, 7) is 4.00. The molecule has 5 aromatic heterocycles. The van der Waals surface area contributed by atoms with Gasteiger partial charge in [-0.2, -0.15) is 5.26 Å². The van der Waals surface area contributed by atoms with Gasteiger partial charge in [0.15, 0.2) is 0 Å². The Kier molecular flexibility index (Phi) is 7.20. The average Bonchev–Trinajstić information content (AvgIpc) is 3.68. The smallest absolute Gasteiger partial charge is 0.104 e. The Labute approximate surface area is 277 Å². The lowest BCUT2D eigenvalue weighted by atomic mass is 10.0. The van der Waals surface area contributed by atoms with Crippen molar-refractivity contribution in [1.29, 1.82) is 5.26 Å². The third-order valence-electron chi connectivity index (χ3n) is 8.83. The van der Waals surface area contributed by atoms with Crippen molar-refractivity contribution >= 4 is 43.6 Å². The zero-order valence-corrected chi connectivity index (χ0v) is 26.5. The van der Waals surface area contributed by atoms with Crippen molar-refractivity contribution in [2.75, 3.05) is 0 Å². The zero-order valence-electron chi connectivity index (χ0n) is 26.5. The highest BCUT2D eigenvalue weighted by atomic mass is 15.0. The summed E-state index contributed by atoms with van der Waals surface area (Å²) in [5.41, 5.74) is 10.4. The van der Waals surface area contributed by atoms with E-state index < -0.39 is 0 Å². The van der Waals surface area contributed by atoms with Crippen LogP contribution in [0.2, 0.25) is 0 Å². The van der Waals surface area contributed by atoms with Crippen LogP contribution in [0.4, 0.5) is 0 Å². The maximum atomic E-state index is 10.9. The predicted molar refractivity (Wildman–Crippen MR) is 195 cm³/mol.